The number of hydrogen-bond donors (Lipinski definition) is 0. The van der Waals surface area contributed by atoms with Crippen LogP contribution >= 0.6 is 0 Å². The summed E-state index contributed by atoms with van der Waals surface area (Å²) in [6, 6.07) is 0. The summed E-state index contributed by atoms with van der Waals surface area (Å²) in [4.78, 5) is 23.9. The second-order valence-corrected chi connectivity index (χ2v) is 6.43. The highest BCUT2D eigenvalue weighted by molar-refractivity contribution is 5.87. The molecule has 96 valence electrons. The molecule has 0 aromatic carbocycles. The maximum atomic E-state index is 12.0. The molecule has 0 aliphatic heterocycles. The van der Waals surface area contributed by atoms with E-state index >= 15 is 0 Å². The van der Waals surface area contributed by atoms with E-state index in [1.165, 1.54) is 0 Å². The largest absolute Gasteiger partial charge is 0.460 e. The van der Waals surface area contributed by atoms with E-state index < -0.39 is 5.60 Å². The molecule has 2 bridgehead atoms. The fraction of sp³-hybridized carbons (Fsp3) is 0.857. The Hall–Kier alpha value is -0.860. The van der Waals surface area contributed by atoms with Crippen molar-refractivity contribution >= 4 is 11.8 Å². The highest BCUT2D eigenvalue weighted by Gasteiger charge is 2.42. The Morgan fingerprint density at radius 2 is 1.71 bits per heavy atom. The van der Waals surface area contributed by atoms with Crippen LogP contribution in [0.5, 0.6) is 0 Å². The van der Waals surface area contributed by atoms with E-state index in [-0.39, 0.29) is 23.7 Å². The number of ether oxygens (including phenoxy) is 1. The zero-order chi connectivity index (χ0) is 12.6. The lowest BCUT2D eigenvalue weighted by atomic mass is 9.67. The van der Waals surface area contributed by atoms with Crippen LogP contribution in [0.2, 0.25) is 0 Å². The minimum Gasteiger partial charge on any atom is -0.460 e. The van der Waals surface area contributed by atoms with Crippen LogP contribution in [0.4, 0.5) is 0 Å². The molecule has 2 fully saturated rings. The first kappa shape index (κ1) is 12.6. The van der Waals surface area contributed by atoms with Gasteiger partial charge in [0.25, 0.3) is 0 Å². The number of hydrogen-bond acceptors (Lipinski definition) is 3. The van der Waals surface area contributed by atoms with Gasteiger partial charge in [0.2, 0.25) is 0 Å². The molecule has 2 saturated carbocycles. The average molecular weight is 238 g/mol. The third kappa shape index (κ3) is 2.88. The van der Waals surface area contributed by atoms with Crippen LogP contribution in [0, 0.1) is 17.8 Å². The molecular weight excluding hydrogens is 216 g/mol. The van der Waals surface area contributed by atoms with Gasteiger partial charge in [-0.05, 0) is 46.5 Å². The predicted octanol–water partition coefficient (Wildman–Crippen LogP) is 2.72. The standard InChI is InChI=1S/C14H22O3/c1-14(2,3)17-13(16)11-7-9-5-4-6-10(8-11)12(9)15/h9-11H,4-8H2,1-3H3/t9-,10+,11?. The number of carbonyl (C=O) groups is 2. The lowest BCUT2D eigenvalue weighted by Crippen LogP contribution is -2.41. The smallest absolute Gasteiger partial charge is 0.309 e. The maximum Gasteiger partial charge on any atom is 0.309 e. The van der Waals surface area contributed by atoms with Crippen molar-refractivity contribution in [2.75, 3.05) is 0 Å². The van der Waals surface area contributed by atoms with E-state index in [2.05, 4.69) is 0 Å². The normalized spacial score (nSPS) is 33.4. The summed E-state index contributed by atoms with van der Waals surface area (Å²) in [5.41, 5.74) is -0.423. The first-order valence-corrected chi connectivity index (χ1v) is 6.63. The topological polar surface area (TPSA) is 43.4 Å². The lowest BCUT2D eigenvalue weighted by Gasteiger charge is -2.37. The van der Waals surface area contributed by atoms with Crippen molar-refractivity contribution < 1.29 is 14.3 Å². The molecule has 3 atom stereocenters. The van der Waals surface area contributed by atoms with E-state index in [0.717, 1.165) is 19.3 Å². The number of carbonyl (C=O) groups excluding carboxylic acids is 2. The fourth-order valence-electron chi connectivity index (χ4n) is 3.06. The van der Waals surface area contributed by atoms with Gasteiger partial charge >= 0.3 is 5.97 Å². The van der Waals surface area contributed by atoms with E-state index in [1.54, 1.807) is 0 Å². The zero-order valence-electron chi connectivity index (χ0n) is 11.0. The van der Waals surface area contributed by atoms with Gasteiger partial charge in [0, 0.05) is 11.8 Å². The Morgan fingerprint density at radius 3 is 2.18 bits per heavy atom. The molecule has 3 heteroatoms. The third-order valence-electron chi connectivity index (χ3n) is 3.79. The number of fused-ring (bicyclic) bond motifs is 2. The van der Waals surface area contributed by atoms with Crippen molar-refractivity contribution in [2.24, 2.45) is 17.8 Å². The average Bonchev–Trinajstić information content (AvgIpc) is 2.13. The highest BCUT2D eigenvalue weighted by Crippen LogP contribution is 2.40. The van der Waals surface area contributed by atoms with Crippen LogP contribution in [0.1, 0.15) is 52.9 Å². The summed E-state index contributed by atoms with van der Waals surface area (Å²) in [5, 5.41) is 0. The Kier molecular flexibility index (Phi) is 3.28. The minimum absolute atomic E-state index is 0.0535. The Balaban J connectivity index is 2.00. The van der Waals surface area contributed by atoms with Crippen LogP contribution < -0.4 is 0 Å². The second-order valence-electron chi connectivity index (χ2n) is 6.43. The van der Waals surface area contributed by atoms with Crippen molar-refractivity contribution in [3.63, 3.8) is 0 Å². The molecule has 0 amide bonds. The van der Waals surface area contributed by atoms with Crippen molar-refractivity contribution in [3.05, 3.63) is 0 Å². The molecule has 1 unspecified atom stereocenters. The van der Waals surface area contributed by atoms with Crippen LogP contribution in [-0.2, 0) is 14.3 Å². The fourth-order valence-corrected chi connectivity index (χ4v) is 3.06. The number of ketones is 1. The molecular formula is C14H22O3. The second kappa shape index (κ2) is 4.43. The molecule has 17 heavy (non-hydrogen) atoms. The Bertz CT molecular complexity index is 311. The van der Waals surface area contributed by atoms with Gasteiger partial charge in [-0.15, -0.1) is 0 Å². The predicted molar refractivity (Wildman–Crippen MR) is 64.4 cm³/mol. The molecule has 2 aliphatic carbocycles. The molecule has 2 rings (SSSR count). The van der Waals surface area contributed by atoms with Gasteiger partial charge in [0.1, 0.15) is 11.4 Å². The molecule has 2 aliphatic rings. The van der Waals surface area contributed by atoms with Crippen molar-refractivity contribution in [2.45, 2.75) is 58.5 Å². The van der Waals surface area contributed by atoms with E-state index in [9.17, 15) is 9.59 Å². The van der Waals surface area contributed by atoms with Gasteiger partial charge in [0.15, 0.2) is 0 Å². The molecule has 0 aromatic heterocycles. The SMILES string of the molecule is CC(C)(C)OC(=O)C1C[C@H]2CCC[C@@H](C1)C2=O. The van der Waals surface area contributed by atoms with Crippen LogP contribution in [0.3, 0.4) is 0 Å². The van der Waals surface area contributed by atoms with Crippen molar-refractivity contribution in [1.82, 2.24) is 0 Å². The molecule has 0 spiro atoms. The molecule has 0 radical (unpaired) electrons. The number of Topliss-reactive ketones (excluding diaryl/α,β-unsaturated/α-hetero) is 1. The molecule has 0 aromatic rings. The van der Waals surface area contributed by atoms with Crippen molar-refractivity contribution in [1.29, 1.82) is 0 Å². The summed E-state index contributed by atoms with van der Waals surface area (Å²) in [5.74, 6) is 0.486. The Labute approximate surface area is 103 Å². The van der Waals surface area contributed by atoms with E-state index in [4.69, 9.17) is 4.74 Å². The molecule has 0 saturated heterocycles. The first-order valence-electron chi connectivity index (χ1n) is 6.63. The lowest BCUT2D eigenvalue weighted by molar-refractivity contribution is -0.163. The number of rotatable bonds is 1. The minimum atomic E-state index is -0.423. The van der Waals surface area contributed by atoms with Gasteiger partial charge in [0.05, 0.1) is 5.92 Å². The highest BCUT2D eigenvalue weighted by atomic mass is 16.6. The maximum absolute atomic E-state index is 12.0. The molecule has 3 nitrogen and oxygen atoms in total. The summed E-state index contributed by atoms with van der Waals surface area (Å²) in [7, 11) is 0. The third-order valence-corrected chi connectivity index (χ3v) is 3.79. The van der Waals surface area contributed by atoms with Gasteiger partial charge in [-0.25, -0.2) is 0 Å². The first-order chi connectivity index (χ1) is 7.87. The Morgan fingerprint density at radius 1 is 1.18 bits per heavy atom. The molecule has 0 heterocycles. The molecule has 0 N–H and O–H groups in total. The number of esters is 1. The summed E-state index contributed by atoms with van der Waals surface area (Å²) in [6.45, 7) is 5.67. The van der Waals surface area contributed by atoms with E-state index in [1.807, 2.05) is 20.8 Å². The zero-order valence-corrected chi connectivity index (χ0v) is 11.0. The summed E-state index contributed by atoms with van der Waals surface area (Å²) in [6.07, 6.45) is 4.50. The van der Waals surface area contributed by atoms with E-state index in [0.29, 0.717) is 18.6 Å². The summed E-state index contributed by atoms with van der Waals surface area (Å²) < 4.78 is 5.43. The van der Waals surface area contributed by atoms with Gasteiger partial charge in [-0.2, -0.15) is 0 Å². The van der Waals surface area contributed by atoms with Crippen LogP contribution in [-0.4, -0.2) is 17.4 Å². The monoisotopic (exact) mass is 238 g/mol. The van der Waals surface area contributed by atoms with Gasteiger partial charge in [-0.1, -0.05) is 6.42 Å². The van der Waals surface area contributed by atoms with Gasteiger partial charge in [-0.3, -0.25) is 9.59 Å². The van der Waals surface area contributed by atoms with Crippen molar-refractivity contribution in [3.8, 4) is 0 Å². The van der Waals surface area contributed by atoms with Crippen LogP contribution in [0.25, 0.3) is 0 Å². The van der Waals surface area contributed by atoms with Gasteiger partial charge < -0.3 is 4.74 Å². The van der Waals surface area contributed by atoms with Crippen LogP contribution in [0.15, 0.2) is 0 Å². The summed E-state index contributed by atoms with van der Waals surface area (Å²) >= 11 is 0. The quantitative estimate of drug-likeness (QED) is 0.660.